The van der Waals surface area contributed by atoms with Gasteiger partial charge < -0.3 is 10.2 Å². The predicted octanol–water partition coefficient (Wildman–Crippen LogP) is 0.536. The van der Waals surface area contributed by atoms with Gasteiger partial charge in [0.15, 0.2) is 6.04 Å². The number of carbonyl (C=O) groups is 1. The van der Waals surface area contributed by atoms with E-state index in [-0.39, 0.29) is 11.9 Å². The summed E-state index contributed by atoms with van der Waals surface area (Å²) in [5.74, 6) is -0.178. The third-order valence-electron chi connectivity index (χ3n) is 4.76. The Morgan fingerprint density at radius 2 is 1.96 bits per heavy atom. The number of nitriles is 1. The van der Waals surface area contributed by atoms with Crippen LogP contribution in [-0.4, -0.2) is 50.9 Å². The van der Waals surface area contributed by atoms with E-state index in [0.29, 0.717) is 41.6 Å². The van der Waals surface area contributed by atoms with Gasteiger partial charge in [0.1, 0.15) is 10.3 Å². The number of benzene rings is 1. The summed E-state index contributed by atoms with van der Waals surface area (Å²) in [5, 5.41) is 13.7. The summed E-state index contributed by atoms with van der Waals surface area (Å²) in [7, 11) is -3.44. The van der Waals surface area contributed by atoms with Crippen LogP contribution in [0.5, 0.6) is 0 Å². The lowest BCUT2D eigenvalue weighted by atomic mass is 10.1. The Bertz CT molecular complexity index is 943. The molecule has 2 N–H and O–H groups in total. The maximum Gasteiger partial charge on any atom is 0.282 e. The quantitative estimate of drug-likeness (QED) is 0.759. The molecule has 0 bridgehead atoms. The first-order chi connectivity index (χ1) is 12.9. The van der Waals surface area contributed by atoms with E-state index < -0.39 is 10.0 Å². The number of para-hydroxylation sites is 1. The van der Waals surface area contributed by atoms with Crippen molar-refractivity contribution in [2.24, 2.45) is 0 Å². The molecule has 9 heteroatoms. The standard InChI is InChI=1S/C18H20N4O3S2/c1-14(18(23)20-16-6-3-2-5-15(16)13-19)21-8-10-22(11-9-21)27(24,25)17-7-4-12-26-17/h2-7,12,14H,8-11H2,1H3,(H,20,23)/p+1/t14-/m1/s1. The Labute approximate surface area is 162 Å². The van der Waals surface area contributed by atoms with Crippen molar-refractivity contribution in [3.63, 3.8) is 0 Å². The molecule has 2 aromatic rings. The number of rotatable bonds is 5. The van der Waals surface area contributed by atoms with E-state index in [1.54, 1.807) is 41.8 Å². The molecule has 142 valence electrons. The molecule has 0 saturated carbocycles. The van der Waals surface area contributed by atoms with E-state index in [4.69, 9.17) is 5.26 Å². The molecule has 0 radical (unpaired) electrons. The van der Waals surface area contributed by atoms with Crippen molar-refractivity contribution in [1.82, 2.24) is 4.31 Å². The summed E-state index contributed by atoms with van der Waals surface area (Å²) in [6, 6.07) is 11.9. The second kappa shape index (κ2) is 8.19. The monoisotopic (exact) mass is 405 g/mol. The number of nitrogens with one attached hydrogen (secondary N) is 2. The van der Waals surface area contributed by atoms with Crippen LogP contribution >= 0.6 is 11.3 Å². The van der Waals surface area contributed by atoms with Gasteiger partial charge in [0.25, 0.3) is 15.9 Å². The predicted molar refractivity (Wildman–Crippen MR) is 103 cm³/mol. The van der Waals surface area contributed by atoms with Gasteiger partial charge in [-0.05, 0) is 30.5 Å². The molecule has 3 rings (SSSR count). The third-order valence-corrected chi connectivity index (χ3v) is 8.04. The minimum Gasteiger partial charge on any atom is -0.323 e. The average Bonchev–Trinajstić information content (AvgIpc) is 3.23. The molecule has 1 atom stereocenters. The molecule has 1 aromatic heterocycles. The number of sulfonamides is 1. The van der Waals surface area contributed by atoms with Crippen molar-refractivity contribution in [3.05, 3.63) is 47.3 Å². The summed E-state index contributed by atoms with van der Waals surface area (Å²) < 4.78 is 27.0. The molecule has 0 unspecified atom stereocenters. The number of hydrogen-bond acceptors (Lipinski definition) is 5. The van der Waals surface area contributed by atoms with Crippen LogP contribution in [0.3, 0.4) is 0 Å². The van der Waals surface area contributed by atoms with Crippen LogP contribution in [0.4, 0.5) is 5.69 Å². The van der Waals surface area contributed by atoms with E-state index in [1.807, 2.05) is 6.92 Å². The second-order valence-corrected chi connectivity index (χ2v) is 9.48. The Morgan fingerprint density at radius 3 is 2.59 bits per heavy atom. The maximum absolute atomic E-state index is 12.6. The zero-order valence-electron chi connectivity index (χ0n) is 14.9. The van der Waals surface area contributed by atoms with Crippen LogP contribution < -0.4 is 10.2 Å². The van der Waals surface area contributed by atoms with E-state index >= 15 is 0 Å². The number of piperazine rings is 1. The molecule has 1 aliphatic heterocycles. The molecule has 27 heavy (non-hydrogen) atoms. The topological polar surface area (TPSA) is 94.7 Å². The van der Waals surface area contributed by atoms with Gasteiger partial charge in [0.05, 0.1) is 37.4 Å². The Kier molecular flexibility index (Phi) is 5.92. The lowest BCUT2D eigenvalue weighted by Crippen LogP contribution is -3.19. The number of carbonyl (C=O) groups excluding carboxylic acids is 1. The van der Waals surface area contributed by atoms with Crippen LogP contribution in [0.15, 0.2) is 46.0 Å². The smallest absolute Gasteiger partial charge is 0.282 e. The second-order valence-electron chi connectivity index (χ2n) is 6.36. The van der Waals surface area contributed by atoms with Gasteiger partial charge in [-0.2, -0.15) is 9.57 Å². The molecule has 1 fully saturated rings. The van der Waals surface area contributed by atoms with Crippen LogP contribution in [0.2, 0.25) is 0 Å². The molecule has 1 amide bonds. The number of quaternary nitrogens is 1. The van der Waals surface area contributed by atoms with Gasteiger partial charge in [0.2, 0.25) is 0 Å². The summed E-state index contributed by atoms with van der Waals surface area (Å²) in [5.41, 5.74) is 0.912. The van der Waals surface area contributed by atoms with Crippen LogP contribution in [-0.2, 0) is 14.8 Å². The first-order valence-electron chi connectivity index (χ1n) is 8.61. The zero-order chi connectivity index (χ0) is 19.4. The fourth-order valence-electron chi connectivity index (χ4n) is 3.10. The first kappa shape index (κ1) is 19.5. The van der Waals surface area contributed by atoms with E-state index in [0.717, 1.165) is 4.90 Å². The number of thiophene rings is 1. The minimum absolute atomic E-state index is 0.178. The Balaban J connectivity index is 1.61. The third kappa shape index (κ3) is 4.20. The van der Waals surface area contributed by atoms with Gasteiger partial charge in [0, 0.05) is 0 Å². The highest BCUT2D eigenvalue weighted by Crippen LogP contribution is 2.20. The Hall–Kier alpha value is -2.25. The molecule has 1 aromatic carbocycles. The van der Waals surface area contributed by atoms with Crippen molar-refractivity contribution in [3.8, 4) is 6.07 Å². The number of amides is 1. The fourth-order valence-corrected chi connectivity index (χ4v) is 5.69. The van der Waals surface area contributed by atoms with Gasteiger partial charge in [-0.15, -0.1) is 11.3 Å². The number of nitrogens with zero attached hydrogens (tertiary/aromatic N) is 2. The highest BCUT2D eigenvalue weighted by atomic mass is 32.2. The molecule has 2 heterocycles. The van der Waals surface area contributed by atoms with Crippen LogP contribution in [0.25, 0.3) is 0 Å². The van der Waals surface area contributed by atoms with Gasteiger partial charge in [-0.3, -0.25) is 4.79 Å². The Morgan fingerprint density at radius 1 is 1.26 bits per heavy atom. The van der Waals surface area contributed by atoms with Gasteiger partial charge in [-0.25, -0.2) is 8.42 Å². The van der Waals surface area contributed by atoms with Crippen LogP contribution in [0.1, 0.15) is 12.5 Å². The minimum atomic E-state index is -3.44. The molecular formula is C18H21N4O3S2+. The SMILES string of the molecule is C[C@H](C(=O)Nc1ccccc1C#N)[NH+]1CCN(S(=O)(=O)c2cccs2)CC1. The molecule has 0 aliphatic carbocycles. The van der Waals surface area contributed by atoms with Gasteiger partial charge in [-0.1, -0.05) is 18.2 Å². The number of hydrogen-bond donors (Lipinski definition) is 2. The van der Waals surface area contributed by atoms with Crippen molar-refractivity contribution in [2.45, 2.75) is 17.2 Å². The molecule has 0 spiro atoms. The van der Waals surface area contributed by atoms with Crippen LogP contribution in [0, 0.1) is 11.3 Å². The normalized spacial score (nSPS) is 17.2. The van der Waals surface area contributed by atoms with Crippen molar-refractivity contribution in [2.75, 3.05) is 31.5 Å². The van der Waals surface area contributed by atoms with E-state index in [2.05, 4.69) is 11.4 Å². The highest BCUT2D eigenvalue weighted by molar-refractivity contribution is 7.91. The van der Waals surface area contributed by atoms with Crippen molar-refractivity contribution < 1.29 is 18.1 Å². The highest BCUT2D eigenvalue weighted by Gasteiger charge is 2.34. The fraction of sp³-hybridized carbons (Fsp3) is 0.333. The molecular weight excluding hydrogens is 384 g/mol. The zero-order valence-corrected chi connectivity index (χ0v) is 16.5. The van der Waals surface area contributed by atoms with Crippen molar-refractivity contribution in [1.29, 1.82) is 5.26 Å². The first-order valence-corrected chi connectivity index (χ1v) is 10.9. The molecule has 1 saturated heterocycles. The molecule has 1 aliphatic rings. The lowest BCUT2D eigenvalue weighted by Gasteiger charge is -2.33. The summed E-state index contributed by atoms with van der Waals surface area (Å²) in [6.45, 7) is 3.69. The number of anilines is 1. The maximum atomic E-state index is 12.6. The van der Waals surface area contributed by atoms with Crippen molar-refractivity contribution >= 4 is 33.0 Å². The van der Waals surface area contributed by atoms with E-state index in [1.165, 1.54) is 15.6 Å². The summed E-state index contributed by atoms with van der Waals surface area (Å²) in [4.78, 5) is 13.6. The van der Waals surface area contributed by atoms with E-state index in [9.17, 15) is 13.2 Å². The summed E-state index contributed by atoms with van der Waals surface area (Å²) >= 11 is 1.21. The largest absolute Gasteiger partial charge is 0.323 e. The van der Waals surface area contributed by atoms with Gasteiger partial charge >= 0.3 is 0 Å². The average molecular weight is 406 g/mol. The lowest BCUT2D eigenvalue weighted by molar-refractivity contribution is -0.917. The summed E-state index contributed by atoms with van der Waals surface area (Å²) in [6.07, 6.45) is 0. The molecule has 7 nitrogen and oxygen atoms in total.